The number of nitrogens with one attached hydrogen (secondary N) is 3. The highest BCUT2D eigenvalue weighted by molar-refractivity contribution is 5.96. The SMILES string of the molecule is CCCNc1cc(Nc2cnn(C)c2)nc2[nH]cc(C#N)c12. The predicted molar refractivity (Wildman–Crippen MR) is 86.1 cm³/mol. The number of pyridine rings is 1. The fraction of sp³-hybridized carbons (Fsp3) is 0.267. The van der Waals surface area contributed by atoms with E-state index < -0.39 is 0 Å². The van der Waals surface area contributed by atoms with Crippen molar-refractivity contribution in [3.8, 4) is 6.07 Å². The van der Waals surface area contributed by atoms with Crippen molar-refractivity contribution in [1.29, 1.82) is 5.26 Å². The van der Waals surface area contributed by atoms with E-state index in [4.69, 9.17) is 0 Å². The molecule has 0 saturated carbocycles. The topological polar surface area (TPSA) is 94.3 Å². The molecule has 3 aromatic rings. The van der Waals surface area contributed by atoms with Gasteiger partial charge in [0.25, 0.3) is 0 Å². The Hall–Kier alpha value is -3.01. The fourth-order valence-corrected chi connectivity index (χ4v) is 2.32. The zero-order valence-electron chi connectivity index (χ0n) is 12.5. The van der Waals surface area contributed by atoms with Gasteiger partial charge in [-0.05, 0) is 6.42 Å². The average Bonchev–Trinajstić information content (AvgIpc) is 3.10. The third-order valence-electron chi connectivity index (χ3n) is 3.31. The zero-order valence-corrected chi connectivity index (χ0v) is 12.5. The Labute approximate surface area is 128 Å². The van der Waals surface area contributed by atoms with Crippen molar-refractivity contribution in [3.05, 3.63) is 30.2 Å². The van der Waals surface area contributed by atoms with Crippen molar-refractivity contribution < 1.29 is 0 Å². The van der Waals surface area contributed by atoms with Gasteiger partial charge in [0.05, 0.1) is 28.5 Å². The standard InChI is InChI=1S/C15H17N7/c1-3-4-17-12-5-13(20-11-8-19-22(2)9-11)21-15-14(12)10(6-16)7-18-15/h5,7-9H,3-4H2,1-2H3,(H3,17,18,20,21). The number of aromatic amines is 1. The molecule has 3 N–H and O–H groups in total. The Morgan fingerprint density at radius 1 is 1.45 bits per heavy atom. The molecular weight excluding hydrogens is 278 g/mol. The van der Waals surface area contributed by atoms with Crippen LogP contribution in [0.5, 0.6) is 0 Å². The average molecular weight is 295 g/mol. The van der Waals surface area contributed by atoms with Gasteiger partial charge < -0.3 is 15.6 Å². The van der Waals surface area contributed by atoms with Crippen molar-refractivity contribution >= 4 is 28.2 Å². The van der Waals surface area contributed by atoms with Crippen molar-refractivity contribution in [3.63, 3.8) is 0 Å². The smallest absolute Gasteiger partial charge is 0.143 e. The highest BCUT2D eigenvalue weighted by atomic mass is 15.3. The summed E-state index contributed by atoms with van der Waals surface area (Å²) in [6.45, 7) is 2.93. The molecule has 7 nitrogen and oxygen atoms in total. The van der Waals surface area contributed by atoms with Gasteiger partial charge in [-0.25, -0.2) is 4.98 Å². The Bertz CT molecular complexity index is 837. The number of aryl methyl sites for hydroxylation is 1. The van der Waals surface area contributed by atoms with Crippen LogP contribution in [0.3, 0.4) is 0 Å². The number of hydrogen-bond acceptors (Lipinski definition) is 5. The predicted octanol–water partition coefficient (Wildman–Crippen LogP) is 2.73. The third kappa shape index (κ3) is 2.59. The maximum absolute atomic E-state index is 9.23. The molecule has 0 aromatic carbocycles. The summed E-state index contributed by atoms with van der Waals surface area (Å²) in [7, 11) is 1.86. The number of rotatable bonds is 5. The van der Waals surface area contributed by atoms with Crippen LogP contribution in [0.15, 0.2) is 24.7 Å². The summed E-state index contributed by atoms with van der Waals surface area (Å²) in [5.41, 5.74) is 3.04. The van der Waals surface area contributed by atoms with E-state index in [0.29, 0.717) is 17.0 Å². The van der Waals surface area contributed by atoms with Crippen LogP contribution in [0.1, 0.15) is 18.9 Å². The van der Waals surface area contributed by atoms with Gasteiger partial charge in [-0.3, -0.25) is 4.68 Å². The lowest BCUT2D eigenvalue weighted by Crippen LogP contribution is -2.02. The molecule has 0 aliphatic heterocycles. The molecule has 0 fully saturated rings. The second kappa shape index (κ2) is 5.77. The Morgan fingerprint density at radius 3 is 3.00 bits per heavy atom. The van der Waals surface area contributed by atoms with Gasteiger partial charge in [0.15, 0.2) is 0 Å². The Kier molecular flexibility index (Phi) is 3.66. The van der Waals surface area contributed by atoms with Gasteiger partial charge in [-0.1, -0.05) is 6.92 Å². The second-order valence-corrected chi connectivity index (χ2v) is 5.05. The molecule has 0 aliphatic rings. The number of nitriles is 1. The number of H-pyrrole nitrogens is 1. The van der Waals surface area contributed by atoms with Crippen molar-refractivity contribution in [1.82, 2.24) is 19.7 Å². The summed E-state index contributed by atoms with van der Waals surface area (Å²) in [6, 6.07) is 4.11. The van der Waals surface area contributed by atoms with Crippen LogP contribution in [0.25, 0.3) is 11.0 Å². The molecule has 22 heavy (non-hydrogen) atoms. The second-order valence-electron chi connectivity index (χ2n) is 5.05. The van der Waals surface area contributed by atoms with Crippen LogP contribution < -0.4 is 10.6 Å². The number of anilines is 3. The van der Waals surface area contributed by atoms with Gasteiger partial charge in [0, 0.05) is 32.1 Å². The minimum absolute atomic E-state index is 0.592. The van der Waals surface area contributed by atoms with Crippen molar-refractivity contribution in [2.75, 3.05) is 17.2 Å². The molecule has 3 heterocycles. The number of hydrogen-bond donors (Lipinski definition) is 3. The van der Waals surface area contributed by atoms with Gasteiger partial charge >= 0.3 is 0 Å². The lowest BCUT2D eigenvalue weighted by molar-refractivity contribution is 0.768. The molecular formula is C15H17N7. The molecule has 3 rings (SSSR count). The number of nitrogens with zero attached hydrogens (tertiary/aromatic N) is 4. The van der Waals surface area contributed by atoms with Crippen LogP contribution in [0, 0.1) is 11.3 Å². The molecule has 3 aromatic heterocycles. The molecule has 0 unspecified atom stereocenters. The minimum Gasteiger partial charge on any atom is -0.384 e. The van der Waals surface area contributed by atoms with E-state index in [1.165, 1.54) is 0 Å². The summed E-state index contributed by atoms with van der Waals surface area (Å²) in [5, 5.41) is 20.8. The number of aromatic nitrogens is 4. The summed E-state index contributed by atoms with van der Waals surface area (Å²) >= 11 is 0. The van der Waals surface area contributed by atoms with Crippen LogP contribution in [0.2, 0.25) is 0 Å². The summed E-state index contributed by atoms with van der Waals surface area (Å²) in [6.07, 6.45) is 6.30. The Balaban J connectivity index is 2.03. The normalized spacial score (nSPS) is 10.6. The first kappa shape index (κ1) is 13.9. The van der Waals surface area contributed by atoms with E-state index >= 15 is 0 Å². The number of fused-ring (bicyclic) bond motifs is 1. The first-order valence-corrected chi connectivity index (χ1v) is 7.13. The summed E-state index contributed by atoms with van der Waals surface area (Å²) < 4.78 is 1.72. The van der Waals surface area contributed by atoms with Crippen LogP contribution in [-0.4, -0.2) is 26.3 Å². The molecule has 0 bridgehead atoms. The zero-order chi connectivity index (χ0) is 15.5. The molecule has 0 atom stereocenters. The molecule has 0 radical (unpaired) electrons. The van der Waals surface area contributed by atoms with E-state index in [9.17, 15) is 5.26 Å². The fourth-order valence-electron chi connectivity index (χ4n) is 2.32. The summed E-state index contributed by atoms with van der Waals surface area (Å²) in [5.74, 6) is 0.699. The van der Waals surface area contributed by atoms with Gasteiger partial charge in [0.2, 0.25) is 0 Å². The molecule has 0 aliphatic carbocycles. The molecule has 0 spiro atoms. The molecule has 0 amide bonds. The third-order valence-corrected chi connectivity index (χ3v) is 3.31. The molecule has 7 heteroatoms. The van der Waals surface area contributed by atoms with Gasteiger partial charge in [-0.2, -0.15) is 10.4 Å². The largest absolute Gasteiger partial charge is 0.384 e. The lowest BCUT2D eigenvalue weighted by Gasteiger charge is -2.10. The van der Waals surface area contributed by atoms with E-state index in [-0.39, 0.29) is 0 Å². The Morgan fingerprint density at radius 2 is 2.32 bits per heavy atom. The minimum atomic E-state index is 0.592. The first-order valence-electron chi connectivity index (χ1n) is 7.13. The maximum atomic E-state index is 9.23. The monoisotopic (exact) mass is 295 g/mol. The highest BCUT2D eigenvalue weighted by Gasteiger charge is 2.12. The summed E-state index contributed by atoms with van der Waals surface area (Å²) in [4.78, 5) is 7.58. The quantitative estimate of drug-likeness (QED) is 0.673. The first-order chi connectivity index (χ1) is 10.7. The van der Waals surface area contributed by atoms with Crippen molar-refractivity contribution in [2.24, 2.45) is 7.05 Å². The van der Waals surface area contributed by atoms with Crippen LogP contribution in [-0.2, 0) is 7.05 Å². The molecule has 0 saturated heterocycles. The van der Waals surface area contributed by atoms with E-state index in [1.54, 1.807) is 17.1 Å². The van der Waals surface area contributed by atoms with Crippen LogP contribution >= 0.6 is 0 Å². The highest BCUT2D eigenvalue weighted by Crippen LogP contribution is 2.29. The van der Waals surface area contributed by atoms with E-state index in [2.05, 4.69) is 38.7 Å². The van der Waals surface area contributed by atoms with Gasteiger partial charge in [0.1, 0.15) is 17.5 Å². The van der Waals surface area contributed by atoms with Gasteiger partial charge in [-0.15, -0.1) is 0 Å². The maximum Gasteiger partial charge on any atom is 0.143 e. The molecule has 112 valence electrons. The van der Waals surface area contributed by atoms with Crippen LogP contribution in [0.4, 0.5) is 17.2 Å². The lowest BCUT2D eigenvalue weighted by atomic mass is 10.2. The van der Waals surface area contributed by atoms with E-state index in [1.807, 2.05) is 19.3 Å². The van der Waals surface area contributed by atoms with Crippen molar-refractivity contribution in [2.45, 2.75) is 13.3 Å². The van der Waals surface area contributed by atoms with E-state index in [0.717, 1.165) is 29.7 Å².